The number of hydrogen-bond donors (Lipinski definition) is 1. The van der Waals surface area contributed by atoms with Crippen LogP contribution < -0.4 is 0 Å². The lowest BCUT2D eigenvalue weighted by Crippen LogP contribution is -1.98. The first-order valence-corrected chi connectivity index (χ1v) is 18.1. The molecule has 0 aliphatic heterocycles. The predicted molar refractivity (Wildman–Crippen MR) is 216 cm³/mol. The van der Waals surface area contributed by atoms with Gasteiger partial charge < -0.3 is 5.11 Å². The van der Waals surface area contributed by atoms with Crippen molar-refractivity contribution in [2.45, 2.75) is 25.7 Å². The third-order valence-electron chi connectivity index (χ3n) is 9.76. The Morgan fingerprint density at radius 1 is 0.321 bits per heavy atom. The summed E-state index contributed by atoms with van der Waals surface area (Å²) in [6.45, 7) is 0. The van der Waals surface area contributed by atoms with Gasteiger partial charge in [-0.2, -0.15) is 0 Å². The average molecular weight is 686 g/mol. The molecule has 4 heteroatoms. The van der Waals surface area contributed by atoms with Gasteiger partial charge in [0.15, 0.2) is 0 Å². The van der Waals surface area contributed by atoms with Crippen molar-refractivity contribution >= 4 is 0 Å². The summed E-state index contributed by atoms with van der Waals surface area (Å²) < 4.78 is 0. The van der Waals surface area contributed by atoms with E-state index >= 15 is 0 Å². The van der Waals surface area contributed by atoms with Crippen molar-refractivity contribution < 1.29 is 5.11 Å². The summed E-state index contributed by atoms with van der Waals surface area (Å²) in [4.78, 5) is 13.5. The number of benzene rings is 5. The molecule has 0 radical (unpaired) electrons. The van der Waals surface area contributed by atoms with Gasteiger partial charge in [-0.3, -0.25) is 15.0 Å². The van der Waals surface area contributed by atoms with Crippen LogP contribution in [-0.2, 0) is 25.7 Å². The van der Waals surface area contributed by atoms with E-state index in [9.17, 15) is 5.11 Å². The first-order chi connectivity index (χ1) is 26.1. The molecule has 3 heterocycles. The third kappa shape index (κ3) is 8.14. The lowest BCUT2D eigenvalue weighted by molar-refractivity contribution is 0.475. The minimum Gasteiger partial charge on any atom is -0.508 e. The first kappa shape index (κ1) is 33.5. The van der Waals surface area contributed by atoms with Crippen molar-refractivity contribution in [3.63, 3.8) is 0 Å². The molecule has 3 aromatic heterocycles. The van der Waals surface area contributed by atoms with Crippen LogP contribution in [0.15, 0.2) is 182 Å². The van der Waals surface area contributed by atoms with Crippen molar-refractivity contribution in [2.24, 2.45) is 0 Å². The first-order valence-electron chi connectivity index (χ1n) is 18.1. The molecule has 0 saturated carbocycles. The Morgan fingerprint density at radius 2 is 0.755 bits per heavy atom. The van der Waals surface area contributed by atoms with Crippen molar-refractivity contribution in [3.8, 4) is 61.8 Å². The molecule has 5 aromatic carbocycles. The van der Waals surface area contributed by atoms with Gasteiger partial charge in [-0.1, -0.05) is 127 Å². The molecule has 0 amide bonds. The van der Waals surface area contributed by atoms with E-state index in [0.717, 1.165) is 65.0 Å². The van der Waals surface area contributed by atoms with E-state index in [1.807, 2.05) is 36.7 Å². The number of nitrogens with zero attached hydrogens (tertiary/aromatic N) is 3. The molecule has 1 N–H and O–H groups in total. The van der Waals surface area contributed by atoms with Crippen LogP contribution in [0.4, 0.5) is 0 Å². The Labute approximate surface area is 311 Å². The molecule has 256 valence electrons. The summed E-state index contributed by atoms with van der Waals surface area (Å²) in [6, 6.07) is 57.2. The number of pyridine rings is 3. The van der Waals surface area contributed by atoms with Gasteiger partial charge in [-0.15, -0.1) is 0 Å². The molecule has 0 saturated heterocycles. The summed E-state index contributed by atoms with van der Waals surface area (Å²) in [5, 5.41) is 9.98. The molecule has 0 aliphatic rings. The highest BCUT2D eigenvalue weighted by atomic mass is 16.3. The van der Waals surface area contributed by atoms with Crippen LogP contribution in [0.1, 0.15) is 22.3 Å². The minimum absolute atomic E-state index is 0.211. The van der Waals surface area contributed by atoms with Crippen LogP contribution in [0.3, 0.4) is 0 Å². The molecule has 8 rings (SSSR count). The zero-order valence-corrected chi connectivity index (χ0v) is 29.4. The summed E-state index contributed by atoms with van der Waals surface area (Å²) in [5.74, 6) is 0.211. The second-order valence-electron chi connectivity index (χ2n) is 13.4. The third-order valence-corrected chi connectivity index (χ3v) is 9.76. The Hall–Kier alpha value is -6.65. The number of aryl methyl sites for hydroxylation is 4. The van der Waals surface area contributed by atoms with Gasteiger partial charge in [-0.05, 0) is 101 Å². The van der Waals surface area contributed by atoms with Gasteiger partial charge in [0.05, 0.1) is 17.1 Å². The summed E-state index contributed by atoms with van der Waals surface area (Å²) in [7, 11) is 0. The van der Waals surface area contributed by atoms with E-state index in [-0.39, 0.29) is 5.75 Å². The second-order valence-corrected chi connectivity index (χ2v) is 13.4. The van der Waals surface area contributed by atoms with E-state index < -0.39 is 0 Å². The van der Waals surface area contributed by atoms with Gasteiger partial charge in [0.2, 0.25) is 0 Å². The van der Waals surface area contributed by atoms with Crippen molar-refractivity contribution in [1.29, 1.82) is 0 Å². The van der Waals surface area contributed by atoms with Crippen LogP contribution in [0, 0.1) is 0 Å². The average Bonchev–Trinajstić information content (AvgIpc) is 3.23. The maximum Gasteiger partial charge on any atom is 0.119 e. The maximum atomic E-state index is 9.98. The lowest BCUT2D eigenvalue weighted by atomic mass is 9.90. The SMILES string of the molecule is Oc1ccnc(-c2ccc(-c3ccccc3-c3cc(CCc4ccc(-c5ccccn5)cc4)cc(CCc4ccc(-c5ccccn5)cc4)c3)cc2)c1. The standard InChI is InChI=1S/C49H39N3O/c53-44-27-30-52-49(34-44)42-25-23-39(24-26-42)45-7-1-2-8-46(45)43-32-37(13-11-35-15-19-40(20-16-35)47-9-3-5-28-50-47)31-38(33-43)14-12-36-17-21-41(22-18-36)48-10-4-6-29-51-48/h1-10,15-34H,11-14H2,(H,52,53). The highest BCUT2D eigenvalue weighted by molar-refractivity contribution is 5.84. The quantitative estimate of drug-likeness (QED) is 0.147. The molecule has 0 spiro atoms. The van der Waals surface area contributed by atoms with E-state index in [4.69, 9.17) is 0 Å². The number of aromatic hydroxyl groups is 1. The number of rotatable bonds is 11. The van der Waals surface area contributed by atoms with Crippen molar-refractivity contribution in [2.75, 3.05) is 0 Å². The molecule has 53 heavy (non-hydrogen) atoms. The van der Waals surface area contributed by atoms with Crippen LogP contribution in [0.2, 0.25) is 0 Å². The monoisotopic (exact) mass is 685 g/mol. The topological polar surface area (TPSA) is 58.9 Å². The van der Waals surface area contributed by atoms with Crippen LogP contribution >= 0.6 is 0 Å². The molecule has 8 aromatic rings. The van der Waals surface area contributed by atoms with E-state index in [0.29, 0.717) is 0 Å². The number of aromatic nitrogens is 3. The summed E-state index contributed by atoms with van der Waals surface area (Å²) in [5.41, 5.74) is 16.0. The van der Waals surface area contributed by atoms with Crippen LogP contribution in [0.5, 0.6) is 5.75 Å². The van der Waals surface area contributed by atoms with Gasteiger partial charge in [0, 0.05) is 41.3 Å². The molecule has 4 nitrogen and oxygen atoms in total. The minimum atomic E-state index is 0.211. The smallest absolute Gasteiger partial charge is 0.119 e. The fourth-order valence-electron chi connectivity index (χ4n) is 6.92. The number of hydrogen-bond acceptors (Lipinski definition) is 4. The normalized spacial score (nSPS) is 11.0. The zero-order chi connectivity index (χ0) is 35.8. The molecular formula is C49H39N3O. The Kier molecular flexibility index (Phi) is 9.93. The zero-order valence-electron chi connectivity index (χ0n) is 29.4. The molecule has 0 aliphatic carbocycles. The van der Waals surface area contributed by atoms with Crippen LogP contribution in [-0.4, -0.2) is 20.1 Å². The molecular weight excluding hydrogens is 647 g/mol. The van der Waals surface area contributed by atoms with Gasteiger partial charge >= 0.3 is 0 Å². The Balaban J connectivity index is 1.07. The second kappa shape index (κ2) is 15.7. The fourth-order valence-corrected chi connectivity index (χ4v) is 6.92. The largest absolute Gasteiger partial charge is 0.508 e. The van der Waals surface area contributed by atoms with Gasteiger partial charge in [0.1, 0.15) is 5.75 Å². The van der Waals surface area contributed by atoms with Gasteiger partial charge in [0.25, 0.3) is 0 Å². The predicted octanol–water partition coefficient (Wildman–Crippen LogP) is 11.5. The molecule has 0 unspecified atom stereocenters. The molecule has 0 atom stereocenters. The lowest BCUT2D eigenvalue weighted by Gasteiger charge is -2.15. The van der Waals surface area contributed by atoms with Gasteiger partial charge in [-0.25, -0.2) is 0 Å². The summed E-state index contributed by atoms with van der Waals surface area (Å²) >= 11 is 0. The van der Waals surface area contributed by atoms with E-state index in [2.05, 4.69) is 142 Å². The van der Waals surface area contributed by atoms with Crippen molar-refractivity contribution in [3.05, 3.63) is 205 Å². The fraction of sp³-hybridized carbons (Fsp3) is 0.0816. The maximum absolute atomic E-state index is 9.98. The highest BCUT2D eigenvalue weighted by Crippen LogP contribution is 2.35. The molecule has 0 bridgehead atoms. The van der Waals surface area contributed by atoms with E-state index in [1.165, 1.54) is 38.9 Å². The van der Waals surface area contributed by atoms with Crippen molar-refractivity contribution in [1.82, 2.24) is 15.0 Å². The molecule has 0 fully saturated rings. The summed E-state index contributed by atoms with van der Waals surface area (Å²) in [6.07, 6.45) is 9.10. The highest BCUT2D eigenvalue weighted by Gasteiger charge is 2.12. The van der Waals surface area contributed by atoms with Crippen LogP contribution in [0.25, 0.3) is 56.0 Å². The van der Waals surface area contributed by atoms with E-state index in [1.54, 1.807) is 18.3 Å². The Bertz CT molecular complexity index is 2320. The Morgan fingerprint density at radius 3 is 1.26 bits per heavy atom.